The maximum atomic E-state index is 13.7. The van der Waals surface area contributed by atoms with Crippen LogP contribution < -0.4 is 52.3 Å². The van der Waals surface area contributed by atoms with E-state index in [1.165, 1.54) is 85.7 Å². The molecule has 12 heterocycles. The van der Waals surface area contributed by atoms with Crippen LogP contribution in [0.3, 0.4) is 0 Å². The lowest BCUT2D eigenvalue weighted by Gasteiger charge is -2.32. The van der Waals surface area contributed by atoms with Gasteiger partial charge in [0.05, 0.1) is 69.2 Å². The van der Waals surface area contributed by atoms with Gasteiger partial charge < -0.3 is 78.3 Å². The molecule has 6 aliphatic heterocycles. The van der Waals surface area contributed by atoms with Crippen molar-refractivity contribution in [2.75, 3.05) is 144 Å². The number of nitrogens with zero attached hydrogens (tertiary/aromatic N) is 12. The van der Waals surface area contributed by atoms with Crippen molar-refractivity contribution in [1.29, 1.82) is 0 Å². The van der Waals surface area contributed by atoms with Crippen molar-refractivity contribution >= 4 is 0 Å². The topological polar surface area (TPSA) is 331 Å². The minimum absolute atomic E-state index is 0.0250. The number of ether oxygens (including phenoxy) is 4. The van der Waals surface area contributed by atoms with Crippen LogP contribution in [0.15, 0.2) is 243 Å². The molecule has 145 heavy (non-hydrogen) atoms. The van der Waals surface area contributed by atoms with Gasteiger partial charge in [0.2, 0.25) is 5.82 Å². The van der Waals surface area contributed by atoms with Crippen molar-refractivity contribution in [2.45, 2.75) is 128 Å². The Labute approximate surface area is 839 Å². The molecule has 12 aromatic rings. The number of H-pyrrole nitrogens is 6. The molecule has 28 nitrogen and oxygen atoms in total. The van der Waals surface area contributed by atoms with Gasteiger partial charge in [0.15, 0.2) is 29.0 Å². The predicted molar refractivity (Wildman–Crippen MR) is 542 cm³/mol. The maximum absolute atomic E-state index is 13.7. The van der Waals surface area contributed by atoms with E-state index >= 15 is 0 Å². The van der Waals surface area contributed by atoms with E-state index in [-0.39, 0.29) is 68.2 Å². The minimum atomic E-state index is -0.926. The Bertz CT molecular complexity index is 6300. The second-order valence-electron chi connectivity index (χ2n) is 37.6. The van der Waals surface area contributed by atoms with E-state index in [1.807, 2.05) is 42.5 Å². The van der Waals surface area contributed by atoms with Crippen molar-refractivity contribution < 1.29 is 49.7 Å². The lowest BCUT2D eigenvalue weighted by atomic mass is 9.90. The molecule has 0 aliphatic carbocycles. The quantitative estimate of drug-likeness (QED) is 0.0164. The Kier molecular flexibility index (Phi) is 44.4. The zero-order valence-corrected chi connectivity index (χ0v) is 82.0. The van der Waals surface area contributed by atoms with E-state index in [0.29, 0.717) is 55.0 Å². The molecular weight excluding hydrogens is 1870 g/mol. The fraction of sp³-hybridized carbons (Fsp3) is 0.436. The van der Waals surface area contributed by atoms with Crippen LogP contribution in [0.1, 0.15) is 129 Å². The molecule has 35 heteroatoms. The lowest BCUT2D eigenvalue weighted by molar-refractivity contribution is 0.137. The average molecular weight is 2000 g/mol. The molecule has 0 atom stereocenters. The highest BCUT2D eigenvalue weighted by molar-refractivity contribution is 5.36. The Balaban J connectivity index is 0.000000146. The SMILES string of the molecule is O=c1cncc(CCN2CCC(C#Cc3ccccc3F)CC2)[nH]1.O=c1cncc(CCN2CCC(CCc3ccccc3F)CC2)[nH]1.O=c1cncc(CCN2CCC(COc3c(F)cccc3F)CC2)[nH]1.O=c1cncc(CCN2CCC(COc3ccc(F)cc3)CC2)[nH]1.O=c1cncc(CCN2CCC(COc3cccc(F)c3F)CC2)[nH]1.O=c1cncc(CCN2CCC(COc3ccccc3)CC2)[nH]1. The van der Waals surface area contributed by atoms with Gasteiger partial charge in [-0.1, -0.05) is 72.5 Å². The normalized spacial score (nSPS) is 16.1. The van der Waals surface area contributed by atoms with Gasteiger partial charge in [-0.05, 0) is 282 Å². The number of likely N-dealkylation sites (tertiary alicyclic amines) is 6. The van der Waals surface area contributed by atoms with Gasteiger partial charge in [-0.3, -0.25) is 58.7 Å². The maximum Gasteiger partial charge on any atom is 0.266 e. The van der Waals surface area contributed by atoms with E-state index in [2.05, 4.69) is 101 Å². The Morgan fingerprint density at radius 2 is 0.586 bits per heavy atom. The fourth-order valence-electron chi connectivity index (χ4n) is 18.2. The molecule has 6 fully saturated rings. The van der Waals surface area contributed by atoms with Gasteiger partial charge in [0.25, 0.3) is 33.4 Å². The number of aromatic nitrogens is 12. The van der Waals surface area contributed by atoms with Crippen molar-refractivity contribution in [3.05, 3.63) is 362 Å². The summed E-state index contributed by atoms with van der Waals surface area (Å²) in [5.41, 5.74) is 5.57. The molecule has 6 aliphatic rings. The first kappa shape index (κ1) is 109. The summed E-state index contributed by atoms with van der Waals surface area (Å²) in [5.74, 6) is 6.59. The molecule has 6 aromatic heterocycles. The van der Waals surface area contributed by atoms with E-state index in [0.717, 1.165) is 310 Å². The number of benzene rings is 6. The number of hydrogen-bond acceptors (Lipinski definition) is 22. The van der Waals surface area contributed by atoms with Crippen LogP contribution in [0.25, 0.3) is 0 Å². The zero-order chi connectivity index (χ0) is 102. The van der Waals surface area contributed by atoms with Crippen molar-refractivity contribution in [3.8, 4) is 34.8 Å². The summed E-state index contributed by atoms with van der Waals surface area (Å²) >= 11 is 0. The van der Waals surface area contributed by atoms with Gasteiger partial charge in [-0.15, -0.1) is 0 Å². The van der Waals surface area contributed by atoms with Crippen LogP contribution in [-0.4, -0.2) is 233 Å². The number of rotatable bonds is 33. The summed E-state index contributed by atoms with van der Waals surface area (Å²) in [5, 5.41) is 0. The van der Waals surface area contributed by atoms with Crippen LogP contribution >= 0.6 is 0 Å². The summed E-state index contributed by atoms with van der Waals surface area (Å²) in [7, 11) is 0. The summed E-state index contributed by atoms with van der Waals surface area (Å²) in [6.45, 7) is 19.6. The van der Waals surface area contributed by atoms with E-state index in [4.69, 9.17) is 18.9 Å². The summed E-state index contributed by atoms with van der Waals surface area (Å²) in [6.07, 6.45) is 37.1. The van der Waals surface area contributed by atoms with E-state index < -0.39 is 23.3 Å². The Morgan fingerprint density at radius 1 is 0.283 bits per heavy atom. The molecule has 0 saturated carbocycles. The third kappa shape index (κ3) is 39.3. The number of hydrogen-bond donors (Lipinski definition) is 6. The molecule has 0 spiro atoms. The average Bonchev–Trinajstić information content (AvgIpc) is 0.872. The van der Waals surface area contributed by atoms with Gasteiger partial charge >= 0.3 is 0 Å². The van der Waals surface area contributed by atoms with Crippen molar-refractivity contribution in [2.24, 2.45) is 35.5 Å². The van der Waals surface area contributed by atoms with Crippen LogP contribution in [0.5, 0.6) is 23.0 Å². The molecule has 0 radical (unpaired) electrons. The second-order valence-corrected chi connectivity index (χ2v) is 37.6. The molecule has 6 N–H and O–H groups in total. The number of halogens is 7. The highest BCUT2D eigenvalue weighted by atomic mass is 19.2. The number of para-hydroxylation sites is 2. The van der Waals surface area contributed by atoms with Crippen LogP contribution in [0.2, 0.25) is 0 Å². The number of piperidine rings is 6. The monoisotopic (exact) mass is 2000 g/mol. The largest absolute Gasteiger partial charge is 0.493 e. The number of aromatic amines is 6. The first-order valence-corrected chi connectivity index (χ1v) is 50.4. The standard InChI is InChI=1S/C19H24FN3O.C19H20FN3O.2C18H21F2N3O2.C18H22FN3O2.C18H23N3O2/c2*20-18-4-2-1-3-16(18)6-5-15-7-10-23(11-8-15)12-9-17-13-21-14-19(24)22-17;19-15-2-1-3-16(18(15)20)25-12-13-4-7-23(8-5-13)9-6-14-10-21-11-17(24)22-14;19-15-2-1-3-16(20)18(15)25-12-13-4-7-23(8-5-13)9-6-14-10-21-11-17(24)22-14;19-15-1-3-17(4-2-15)24-13-14-5-8-22(9-6-14)10-7-16-11-20-12-18(23)21-16;22-18-13-19-12-16(20-18)8-11-21-9-6-15(7-10-21)14-23-17-4-2-1-3-5-17/h1-4,13-15H,5-12H2,(H,22,24);1-4,13-15H,7-12H2,(H,22,24);2*1-3,10-11,13H,4-9,12H2,(H,22,24);1-4,11-12,14H,5-10,13H2,(H,21,23);1-5,12-13,15H,6-11,14H2,(H,20,22). The highest BCUT2D eigenvalue weighted by Crippen LogP contribution is 2.30. The molecule has 0 unspecified atom stereocenters. The molecule has 0 amide bonds. The summed E-state index contributed by atoms with van der Waals surface area (Å²) in [6, 6.07) is 37.6. The Morgan fingerprint density at radius 3 is 0.952 bits per heavy atom. The van der Waals surface area contributed by atoms with E-state index in [1.54, 1.807) is 79.6 Å². The van der Waals surface area contributed by atoms with Crippen molar-refractivity contribution in [1.82, 2.24) is 89.2 Å². The first-order valence-electron chi connectivity index (χ1n) is 50.4. The first-order chi connectivity index (χ1) is 70.6. The lowest BCUT2D eigenvalue weighted by Crippen LogP contribution is -2.37. The third-order valence-electron chi connectivity index (χ3n) is 26.9. The zero-order valence-electron chi connectivity index (χ0n) is 82.0. The Hall–Kier alpha value is -13.4. The molecule has 6 aromatic carbocycles. The van der Waals surface area contributed by atoms with Gasteiger partial charge in [-0.2, -0.15) is 4.39 Å². The number of aryl methyl sites for hydroxylation is 1. The molecule has 0 bridgehead atoms. The van der Waals surface area contributed by atoms with Crippen LogP contribution in [0.4, 0.5) is 30.7 Å². The molecule has 6 saturated heterocycles. The minimum Gasteiger partial charge on any atom is -0.493 e. The smallest absolute Gasteiger partial charge is 0.266 e. The summed E-state index contributed by atoms with van der Waals surface area (Å²) in [4.78, 5) is 122. The van der Waals surface area contributed by atoms with Gasteiger partial charge in [0, 0.05) is 155 Å². The van der Waals surface area contributed by atoms with Crippen LogP contribution in [0, 0.1) is 88.1 Å². The highest BCUT2D eigenvalue weighted by Gasteiger charge is 2.27. The molecular formula is C110H131F7N18O10. The summed E-state index contributed by atoms with van der Waals surface area (Å²) < 4.78 is 116. The molecule has 18 rings (SSSR count). The fourth-order valence-corrected chi connectivity index (χ4v) is 18.2. The van der Waals surface area contributed by atoms with Gasteiger partial charge in [-0.25, -0.2) is 26.3 Å². The van der Waals surface area contributed by atoms with E-state index in [9.17, 15) is 59.5 Å². The predicted octanol–water partition coefficient (Wildman–Crippen LogP) is 14.1. The van der Waals surface area contributed by atoms with Gasteiger partial charge in [0.1, 0.15) is 29.0 Å². The van der Waals surface area contributed by atoms with Crippen LogP contribution in [-0.2, 0) is 44.9 Å². The second kappa shape index (κ2) is 59.2. The molecule has 770 valence electrons. The number of nitrogens with one attached hydrogen (secondary N) is 6. The van der Waals surface area contributed by atoms with Crippen molar-refractivity contribution in [3.63, 3.8) is 0 Å². The third-order valence-corrected chi connectivity index (χ3v) is 26.9.